The third-order valence-electron chi connectivity index (χ3n) is 3.16. The van der Waals surface area contributed by atoms with Crippen molar-refractivity contribution in [2.24, 2.45) is 5.73 Å². The van der Waals surface area contributed by atoms with Gasteiger partial charge in [0.15, 0.2) is 11.5 Å². The lowest BCUT2D eigenvalue weighted by atomic mass is 10.1. The summed E-state index contributed by atoms with van der Waals surface area (Å²) in [5.41, 5.74) is 5.86. The molecule has 0 aliphatic carbocycles. The molecule has 0 aliphatic heterocycles. The average Bonchev–Trinajstić information content (AvgIpc) is 2.53. The molecular formula is C16H14Cl2N2O4. The summed E-state index contributed by atoms with van der Waals surface area (Å²) in [5, 5.41) is 3.23. The van der Waals surface area contributed by atoms with Crippen LogP contribution in [0.2, 0.25) is 10.0 Å². The van der Waals surface area contributed by atoms with Crippen molar-refractivity contribution >= 4 is 40.7 Å². The van der Waals surface area contributed by atoms with Crippen LogP contribution < -0.4 is 20.5 Å². The predicted molar refractivity (Wildman–Crippen MR) is 92.5 cm³/mol. The van der Waals surface area contributed by atoms with Crippen LogP contribution in [0.1, 0.15) is 20.7 Å². The Morgan fingerprint density at radius 1 is 0.958 bits per heavy atom. The molecule has 24 heavy (non-hydrogen) atoms. The van der Waals surface area contributed by atoms with Crippen LogP contribution in [0.15, 0.2) is 30.3 Å². The fourth-order valence-corrected chi connectivity index (χ4v) is 2.59. The number of carbonyl (C=O) groups is 2. The number of anilines is 1. The maximum atomic E-state index is 12.4. The van der Waals surface area contributed by atoms with E-state index in [4.69, 9.17) is 38.4 Å². The second-order valence-electron chi connectivity index (χ2n) is 4.73. The molecule has 0 bridgehead atoms. The number of nitrogens with one attached hydrogen (secondary N) is 1. The SMILES string of the molecule is COc1cc(NC(=O)c2cc(Cl)cc(Cl)c2)c(C(N)=O)cc1OC. The molecule has 0 aliphatic rings. The first-order valence-corrected chi connectivity index (χ1v) is 7.44. The number of nitrogens with two attached hydrogens (primary N) is 1. The van der Waals surface area contributed by atoms with E-state index >= 15 is 0 Å². The second kappa shape index (κ2) is 7.42. The Morgan fingerprint density at radius 3 is 2.00 bits per heavy atom. The van der Waals surface area contributed by atoms with Gasteiger partial charge in [0, 0.05) is 21.7 Å². The summed E-state index contributed by atoms with van der Waals surface area (Å²) < 4.78 is 10.3. The Labute approximate surface area is 148 Å². The molecule has 8 heteroatoms. The standard InChI is InChI=1S/C16H14Cl2N2O4/c1-23-13-6-11(15(19)21)12(7-14(13)24-2)20-16(22)8-3-9(17)5-10(18)4-8/h3-7H,1-2H3,(H2,19,21)(H,20,22). The maximum Gasteiger partial charge on any atom is 0.255 e. The fourth-order valence-electron chi connectivity index (χ4n) is 2.07. The number of carbonyl (C=O) groups excluding carboxylic acids is 2. The molecule has 0 heterocycles. The topological polar surface area (TPSA) is 90.6 Å². The molecule has 2 rings (SSSR count). The Morgan fingerprint density at radius 2 is 1.50 bits per heavy atom. The Bertz CT molecular complexity index is 789. The van der Waals surface area contributed by atoms with Gasteiger partial charge in [-0.25, -0.2) is 0 Å². The summed E-state index contributed by atoms with van der Waals surface area (Å²) in [6.45, 7) is 0. The van der Waals surface area contributed by atoms with Crippen molar-refractivity contribution in [3.05, 3.63) is 51.5 Å². The van der Waals surface area contributed by atoms with Gasteiger partial charge in [0.25, 0.3) is 11.8 Å². The van der Waals surface area contributed by atoms with Crippen LogP contribution in [-0.2, 0) is 0 Å². The highest BCUT2D eigenvalue weighted by Crippen LogP contribution is 2.33. The predicted octanol–water partition coefficient (Wildman–Crippen LogP) is 3.36. The van der Waals surface area contributed by atoms with Crippen LogP contribution >= 0.6 is 23.2 Å². The summed E-state index contributed by atoms with van der Waals surface area (Å²) in [5.74, 6) is -0.582. The summed E-state index contributed by atoms with van der Waals surface area (Å²) >= 11 is 11.8. The molecule has 0 spiro atoms. The Kier molecular flexibility index (Phi) is 5.54. The molecule has 2 amide bonds. The third-order valence-corrected chi connectivity index (χ3v) is 3.60. The molecule has 3 N–H and O–H groups in total. The number of amides is 2. The van der Waals surface area contributed by atoms with Crippen molar-refractivity contribution in [2.45, 2.75) is 0 Å². The highest BCUT2D eigenvalue weighted by molar-refractivity contribution is 6.35. The van der Waals surface area contributed by atoms with Gasteiger partial charge < -0.3 is 20.5 Å². The molecule has 0 radical (unpaired) electrons. The lowest BCUT2D eigenvalue weighted by Gasteiger charge is -2.14. The van der Waals surface area contributed by atoms with Gasteiger partial charge in [-0.15, -0.1) is 0 Å². The van der Waals surface area contributed by atoms with E-state index in [9.17, 15) is 9.59 Å². The molecule has 0 fully saturated rings. The minimum absolute atomic E-state index is 0.0779. The van der Waals surface area contributed by atoms with Crippen molar-refractivity contribution in [3.8, 4) is 11.5 Å². The summed E-state index contributed by atoms with van der Waals surface area (Å²) in [4.78, 5) is 24.0. The van der Waals surface area contributed by atoms with Crippen molar-refractivity contribution in [2.75, 3.05) is 19.5 Å². The Hall–Kier alpha value is -2.44. The highest BCUT2D eigenvalue weighted by Gasteiger charge is 2.18. The largest absolute Gasteiger partial charge is 0.493 e. The first-order chi connectivity index (χ1) is 11.3. The fraction of sp³-hybridized carbons (Fsp3) is 0.125. The average molecular weight is 369 g/mol. The smallest absolute Gasteiger partial charge is 0.255 e. The van der Waals surface area contributed by atoms with Gasteiger partial charge in [0.05, 0.1) is 25.5 Å². The minimum atomic E-state index is -0.727. The van der Waals surface area contributed by atoms with Gasteiger partial charge in [0.2, 0.25) is 0 Å². The Balaban J connectivity index is 2.43. The van der Waals surface area contributed by atoms with Crippen LogP contribution in [0.3, 0.4) is 0 Å². The summed E-state index contributed by atoms with van der Waals surface area (Å²) in [6, 6.07) is 7.25. The third kappa shape index (κ3) is 3.90. The molecule has 6 nitrogen and oxygen atoms in total. The summed E-state index contributed by atoms with van der Waals surface area (Å²) in [6.07, 6.45) is 0. The van der Waals surface area contributed by atoms with Crippen molar-refractivity contribution in [3.63, 3.8) is 0 Å². The number of hydrogen-bond acceptors (Lipinski definition) is 4. The summed E-state index contributed by atoms with van der Waals surface area (Å²) in [7, 11) is 2.86. The molecule has 2 aromatic rings. The van der Waals surface area contributed by atoms with Gasteiger partial charge in [-0.2, -0.15) is 0 Å². The van der Waals surface area contributed by atoms with Crippen molar-refractivity contribution < 1.29 is 19.1 Å². The zero-order valence-electron chi connectivity index (χ0n) is 12.9. The van der Waals surface area contributed by atoms with Crippen LogP contribution in [0.25, 0.3) is 0 Å². The van der Waals surface area contributed by atoms with Crippen LogP contribution in [0.4, 0.5) is 5.69 Å². The lowest BCUT2D eigenvalue weighted by molar-refractivity contribution is 0.100. The molecule has 126 valence electrons. The van der Waals surface area contributed by atoms with Gasteiger partial charge in [-0.3, -0.25) is 9.59 Å². The molecular weight excluding hydrogens is 355 g/mol. The zero-order valence-corrected chi connectivity index (χ0v) is 14.4. The molecule has 2 aromatic carbocycles. The van der Waals surface area contributed by atoms with E-state index in [-0.39, 0.29) is 16.8 Å². The number of rotatable bonds is 5. The number of halogens is 2. The van der Waals surface area contributed by atoms with Crippen LogP contribution in [0, 0.1) is 0 Å². The molecule has 0 saturated carbocycles. The van der Waals surface area contributed by atoms with Crippen LogP contribution in [0.5, 0.6) is 11.5 Å². The number of benzene rings is 2. The highest BCUT2D eigenvalue weighted by atomic mass is 35.5. The maximum absolute atomic E-state index is 12.4. The van der Waals surface area contributed by atoms with Crippen LogP contribution in [-0.4, -0.2) is 26.0 Å². The van der Waals surface area contributed by atoms with Crippen molar-refractivity contribution in [1.29, 1.82) is 0 Å². The molecule has 0 aromatic heterocycles. The number of methoxy groups -OCH3 is 2. The van der Waals surface area contributed by atoms with E-state index in [0.29, 0.717) is 21.5 Å². The zero-order chi connectivity index (χ0) is 17.9. The van der Waals surface area contributed by atoms with Gasteiger partial charge in [-0.1, -0.05) is 23.2 Å². The van der Waals surface area contributed by atoms with Gasteiger partial charge >= 0.3 is 0 Å². The quantitative estimate of drug-likeness (QED) is 0.846. The number of hydrogen-bond donors (Lipinski definition) is 2. The first kappa shape index (κ1) is 17.9. The lowest BCUT2D eigenvalue weighted by Crippen LogP contribution is -2.18. The number of ether oxygens (including phenoxy) is 2. The van der Waals surface area contributed by atoms with Crippen molar-refractivity contribution in [1.82, 2.24) is 0 Å². The van der Waals surface area contributed by atoms with Gasteiger partial charge in [0.1, 0.15) is 0 Å². The normalized spacial score (nSPS) is 10.2. The van der Waals surface area contributed by atoms with E-state index in [2.05, 4.69) is 5.32 Å². The monoisotopic (exact) mass is 368 g/mol. The van der Waals surface area contributed by atoms with Gasteiger partial charge in [-0.05, 0) is 24.3 Å². The molecule has 0 atom stereocenters. The second-order valence-corrected chi connectivity index (χ2v) is 5.60. The van der Waals surface area contributed by atoms with E-state index in [1.54, 1.807) is 0 Å². The number of primary amides is 1. The minimum Gasteiger partial charge on any atom is -0.493 e. The van der Waals surface area contributed by atoms with E-state index in [1.807, 2.05) is 0 Å². The van der Waals surface area contributed by atoms with E-state index < -0.39 is 11.8 Å². The molecule has 0 unspecified atom stereocenters. The van der Waals surface area contributed by atoms with E-state index in [0.717, 1.165) is 0 Å². The van der Waals surface area contributed by atoms with E-state index in [1.165, 1.54) is 44.6 Å². The first-order valence-electron chi connectivity index (χ1n) is 6.69. The molecule has 0 saturated heterocycles.